The summed E-state index contributed by atoms with van der Waals surface area (Å²) in [6.45, 7) is 0.254. The first-order valence-electron chi connectivity index (χ1n) is 10.9. The molecule has 3 aliphatic rings. The lowest BCUT2D eigenvalue weighted by atomic mass is 10.0. The number of nitrogens with one attached hydrogen (secondary N) is 2. The third kappa shape index (κ3) is 4.65. The lowest BCUT2D eigenvalue weighted by molar-refractivity contribution is 0.0796. The highest BCUT2D eigenvalue weighted by atomic mass is 35.5. The third-order valence-electron chi connectivity index (χ3n) is 5.93. The minimum atomic E-state index is -0.799. The molecule has 0 spiro atoms. The fourth-order valence-corrected chi connectivity index (χ4v) is 4.98. The summed E-state index contributed by atoms with van der Waals surface area (Å²) < 4.78 is 38.8. The van der Waals surface area contributed by atoms with Crippen LogP contribution in [0.5, 0.6) is 5.75 Å². The maximum absolute atomic E-state index is 15.0. The maximum Gasteiger partial charge on any atom is 0.251 e. The summed E-state index contributed by atoms with van der Waals surface area (Å²) in [6.07, 6.45) is 9.34. The second-order valence-corrected chi connectivity index (χ2v) is 9.61. The zero-order chi connectivity index (χ0) is 23.8. The van der Waals surface area contributed by atoms with Crippen molar-refractivity contribution in [1.29, 1.82) is 0 Å². The Hall–Kier alpha value is -2.97. The Balaban J connectivity index is 1.64. The second-order valence-electron chi connectivity index (χ2n) is 8.35. The van der Waals surface area contributed by atoms with Gasteiger partial charge in [0.2, 0.25) is 0 Å². The summed E-state index contributed by atoms with van der Waals surface area (Å²) in [4.78, 5) is 13.1. The zero-order valence-corrected chi connectivity index (χ0v) is 19.5. The Morgan fingerprint density at radius 1 is 1.12 bits per heavy atom. The molecule has 1 atom stereocenters. The lowest BCUT2D eigenvalue weighted by Crippen LogP contribution is -2.35. The smallest absolute Gasteiger partial charge is 0.251 e. The van der Waals surface area contributed by atoms with Crippen molar-refractivity contribution in [1.82, 2.24) is 5.32 Å². The van der Waals surface area contributed by atoms with Gasteiger partial charge in [-0.3, -0.25) is 4.79 Å². The van der Waals surface area contributed by atoms with Gasteiger partial charge in [-0.15, -0.1) is 0 Å². The van der Waals surface area contributed by atoms with Gasteiger partial charge in [-0.1, -0.05) is 35.9 Å². The van der Waals surface area contributed by atoms with Crippen molar-refractivity contribution in [2.75, 3.05) is 11.3 Å². The first kappa shape index (κ1) is 22.8. The first-order valence-corrected chi connectivity index (χ1v) is 12.1. The number of aromatic hydroxyl groups is 1. The average molecular weight is 503 g/mol. The maximum atomic E-state index is 15.0. The molecule has 176 valence electrons. The standard InChI is InChI=1S/C25H21ClF2N2O3S/c26-17-8-14-9-23(24(17)31)34-30-20-10-16(18(27)11-19(20)28)15-4-2-1-3-5-21(15)33-22(13-6-7-13)12-29-25(14)32/h1-4,8-11,13,22,30-31H,5-7,12H2,(H,29,32). The molecular formula is C25H21ClF2N2O3S. The van der Waals surface area contributed by atoms with Crippen LogP contribution in [0, 0.1) is 17.6 Å². The molecule has 5 nitrogen and oxygen atoms in total. The summed E-state index contributed by atoms with van der Waals surface area (Å²) in [5, 5.41) is 13.2. The van der Waals surface area contributed by atoms with Crippen molar-refractivity contribution in [3.05, 3.63) is 82.1 Å². The van der Waals surface area contributed by atoms with Crippen molar-refractivity contribution in [3.63, 3.8) is 0 Å². The number of ether oxygens (including phenoxy) is 1. The zero-order valence-electron chi connectivity index (χ0n) is 17.9. The molecule has 34 heavy (non-hydrogen) atoms. The molecule has 1 aliphatic heterocycles. The van der Waals surface area contributed by atoms with Gasteiger partial charge in [0.25, 0.3) is 5.91 Å². The summed E-state index contributed by atoms with van der Waals surface area (Å²) in [5.74, 6) is -1.32. The van der Waals surface area contributed by atoms with Crippen LogP contribution in [-0.4, -0.2) is 23.7 Å². The van der Waals surface area contributed by atoms with Crippen molar-refractivity contribution < 1.29 is 23.4 Å². The SMILES string of the molecule is O=C1NCC(C2CC2)OC2=C(C=CC=CC2)c2cc(c(F)cc2F)NSc2cc1cc(Cl)c2O. The Bertz CT molecular complexity index is 1260. The van der Waals surface area contributed by atoms with Gasteiger partial charge in [0.1, 0.15) is 29.2 Å². The summed E-state index contributed by atoms with van der Waals surface area (Å²) >= 11 is 7.01. The average Bonchev–Trinajstić information content (AvgIpc) is 3.66. The molecule has 4 bridgehead atoms. The van der Waals surface area contributed by atoms with Crippen molar-refractivity contribution >= 4 is 40.7 Å². The number of allylic oxidation sites excluding steroid dienone is 5. The van der Waals surface area contributed by atoms with E-state index in [2.05, 4.69) is 10.0 Å². The molecule has 0 aromatic heterocycles. The fourth-order valence-electron chi connectivity index (χ4n) is 3.94. The van der Waals surface area contributed by atoms with Crippen LogP contribution >= 0.6 is 23.5 Å². The first-order chi connectivity index (χ1) is 16.4. The van der Waals surface area contributed by atoms with Crippen LogP contribution in [0.25, 0.3) is 5.57 Å². The predicted molar refractivity (Wildman–Crippen MR) is 129 cm³/mol. The Morgan fingerprint density at radius 3 is 2.74 bits per heavy atom. The number of carbonyl (C=O) groups is 1. The van der Waals surface area contributed by atoms with Gasteiger partial charge in [0.15, 0.2) is 0 Å². The number of benzene rings is 2. The normalized spacial score (nSPS) is 20.3. The van der Waals surface area contributed by atoms with Gasteiger partial charge < -0.3 is 19.9 Å². The van der Waals surface area contributed by atoms with Crippen LogP contribution in [0.2, 0.25) is 5.02 Å². The Labute approximate surface area is 204 Å². The number of hydrogen-bond donors (Lipinski definition) is 3. The van der Waals surface area contributed by atoms with Crippen LogP contribution in [-0.2, 0) is 4.74 Å². The van der Waals surface area contributed by atoms with Gasteiger partial charge in [-0.25, -0.2) is 8.78 Å². The molecule has 2 aliphatic carbocycles. The summed E-state index contributed by atoms with van der Waals surface area (Å²) in [6, 6.07) is 5.03. The van der Waals surface area contributed by atoms with E-state index in [0.717, 1.165) is 30.9 Å². The summed E-state index contributed by atoms with van der Waals surface area (Å²) in [7, 11) is 0. The molecule has 5 rings (SSSR count). The number of halogens is 3. The fraction of sp³-hybridized carbons (Fsp3) is 0.240. The molecule has 0 radical (unpaired) electrons. The van der Waals surface area contributed by atoms with Crippen molar-refractivity contribution in [3.8, 4) is 5.75 Å². The van der Waals surface area contributed by atoms with E-state index in [1.54, 1.807) is 12.2 Å². The van der Waals surface area contributed by atoms with Crippen molar-refractivity contribution in [2.24, 2.45) is 5.92 Å². The molecular weight excluding hydrogens is 482 g/mol. The third-order valence-corrected chi connectivity index (χ3v) is 7.07. The highest BCUT2D eigenvalue weighted by Crippen LogP contribution is 2.40. The highest BCUT2D eigenvalue weighted by molar-refractivity contribution is 8.00. The number of fused-ring (bicyclic) bond motifs is 5. The Kier molecular flexibility index (Phi) is 6.27. The monoisotopic (exact) mass is 502 g/mol. The van der Waals surface area contributed by atoms with Crippen LogP contribution in [0.1, 0.15) is 35.2 Å². The van der Waals surface area contributed by atoms with Gasteiger partial charge in [-0.05, 0) is 48.9 Å². The number of phenolic OH excluding ortho intramolecular Hbond substituents is 1. The molecule has 9 heteroatoms. The number of anilines is 1. The molecule has 1 heterocycles. The van der Waals surface area contributed by atoms with E-state index < -0.39 is 11.6 Å². The molecule has 2 aromatic carbocycles. The minimum Gasteiger partial charge on any atom is -0.505 e. The lowest BCUT2D eigenvalue weighted by Gasteiger charge is -2.23. The van der Waals surface area contributed by atoms with Crippen LogP contribution < -0.4 is 10.0 Å². The molecule has 3 N–H and O–H groups in total. The molecule has 2 aromatic rings. The van der Waals surface area contributed by atoms with Gasteiger partial charge >= 0.3 is 0 Å². The van der Waals surface area contributed by atoms with E-state index in [-0.39, 0.29) is 57.0 Å². The number of amides is 1. The quantitative estimate of drug-likeness (QED) is 0.404. The van der Waals surface area contributed by atoms with Crippen LogP contribution in [0.15, 0.2) is 59.2 Å². The van der Waals surface area contributed by atoms with E-state index in [4.69, 9.17) is 16.3 Å². The van der Waals surface area contributed by atoms with Gasteiger partial charge in [0.05, 0.1) is 22.2 Å². The van der Waals surface area contributed by atoms with E-state index in [0.29, 0.717) is 17.8 Å². The van der Waals surface area contributed by atoms with E-state index in [1.165, 1.54) is 18.2 Å². The topological polar surface area (TPSA) is 70.6 Å². The summed E-state index contributed by atoms with van der Waals surface area (Å²) in [5.41, 5.74) is 0.952. The number of hydrogen-bond acceptors (Lipinski definition) is 5. The van der Waals surface area contributed by atoms with Gasteiger partial charge in [-0.2, -0.15) is 0 Å². The molecule has 1 fully saturated rings. The van der Waals surface area contributed by atoms with Crippen molar-refractivity contribution in [2.45, 2.75) is 30.3 Å². The largest absolute Gasteiger partial charge is 0.505 e. The number of phenols is 1. The predicted octanol–water partition coefficient (Wildman–Crippen LogP) is 6.21. The Morgan fingerprint density at radius 2 is 1.94 bits per heavy atom. The number of carbonyl (C=O) groups excluding carboxylic acids is 1. The number of rotatable bonds is 1. The molecule has 1 unspecified atom stereocenters. The van der Waals surface area contributed by atoms with E-state index in [1.807, 2.05) is 12.2 Å². The molecule has 1 amide bonds. The van der Waals surface area contributed by atoms with Crippen LogP contribution in [0.4, 0.5) is 14.5 Å². The van der Waals surface area contributed by atoms with Crippen LogP contribution in [0.3, 0.4) is 0 Å². The minimum absolute atomic E-state index is 0.0119. The van der Waals surface area contributed by atoms with E-state index >= 15 is 0 Å². The van der Waals surface area contributed by atoms with E-state index in [9.17, 15) is 18.7 Å². The second kappa shape index (κ2) is 9.35. The molecule has 0 saturated heterocycles. The highest BCUT2D eigenvalue weighted by Gasteiger charge is 2.34. The van der Waals surface area contributed by atoms with Gasteiger partial charge in [0, 0.05) is 29.2 Å². The molecule has 1 saturated carbocycles.